The Labute approximate surface area is 107 Å². The zero-order valence-electron chi connectivity index (χ0n) is 9.03. The van der Waals surface area contributed by atoms with Crippen LogP contribution in [0.5, 0.6) is 0 Å². The molecule has 3 aromatic rings. The van der Waals surface area contributed by atoms with Crippen LogP contribution in [0.1, 0.15) is 0 Å². The molecule has 0 fully saturated rings. The number of halogens is 1. The highest BCUT2D eigenvalue weighted by atomic mass is 35.5. The Kier molecular flexibility index (Phi) is 2.39. The predicted molar refractivity (Wildman–Crippen MR) is 66.0 cm³/mol. The molecule has 0 spiro atoms. The van der Waals surface area contributed by atoms with Crippen LogP contribution in [0.2, 0.25) is 5.02 Å². The van der Waals surface area contributed by atoms with Crippen LogP contribution in [0.4, 0.5) is 5.82 Å². The van der Waals surface area contributed by atoms with Gasteiger partial charge in [0.15, 0.2) is 0 Å². The maximum atomic E-state index is 8.69. The molecule has 86 valence electrons. The first-order chi connectivity index (χ1) is 8.78. The van der Waals surface area contributed by atoms with Crippen LogP contribution in [-0.2, 0) is 0 Å². The minimum atomic E-state index is 0.149. The number of diazo groups is 1. The van der Waals surface area contributed by atoms with Crippen LogP contribution >= 0.6 is 11.6 Å². The lowest BCUT2D eigenvalue weighted by Gasteiger charge is -1.97. The lowest BCUT2D eigenvalue weighted by molar-refractivity contribution is 1.14. The van der Waals surface area contributed by atoms with E-state index in [0.717, 1.165) is 5.69 Å². The van der Waals surface area contributed by atoms with E-state index in [4.69, 9.17) is 17.0 Å². The van der Waals surface area contributed by atoms with Crippen molar-refractivity contribution in [2.75, 3.05) is 0 Å². The van der Waals surface area contributed by atoms with Crippen LogP contribution in [-0.4, -0.2) is 19.4 Å². The molecular formula is C11H6ClN6+. The Morgan fingerprint density at radius 3 is 3.00 bits per heavy atom. The van der Waals surface area contributed by atoms with Gasteiger partial charge in [-0.1, -0.05) is 11.6 Å². The SMILES string of the molecule is N#[N+]c1cncc(-c2cnc3cc(Cl)ccn23)n1. The number of rotatable bonds is 1. The van der Waals surface area contributed by atoms with Gasteiger partial charge in [0.25, 0.3) is 0 Å². The molecule has 3 heterocycles. The molecule has 0 unspecified atom stereocenters. The maximum absolute atomic E-state index is 8.69. The lowest BCUT2D eigenvalue weighted by Crippen LogP contribution is -1.90. The van der Waals surface area contributed by atoms with E-state index >= 15 is 0 Å². The highest BCUT2D eigenvalue weighted by molar-refractivity contribution is 6.30. The molecule has 0 radical (unpaired) electrons. The smallest absolute Gasteiger partial charge is 0.296 e. The number of pyridine rings is 1. The van der Waals surface area contributed by atoms with Gasteiger partial charge in [-0.25, -0.2) is 9.97 Å². The van der Waals surface area contributed by atoms with E-state index < -0.39 is 0 Å². The summed E-state index contributed by atoms with van der Waals surface area (Å²) in [6.07, 6.45) is 6.40. The second-order valence-corrected chi connectivity index (χ2v) is 4.02. The van der Waals surface area contributed by atoms with E-state index in [-0.39, 0.29) is 5.82 Å². The summed E-state index contributed by atoms with van der Waals surface area (Å²) in [5, 5.41) is 9.31. The van der Waals surface area contributed by atoms with E-state index in [2.05, 4.69) is 19.9 Å². The van der Waals surface area contributed by atoms with Gasteiger partial charge < -0.3 is 0 Å². The maximum Gasteiger partial charge on any atom is 0.483 e. The largest absolute Gasteiger partial charge is 0.483 e. The Balaban J connectivity index is 2.23. The second-order valence-electron chi connectivity index (χ2n) is 3.58. The molecule has 0 bridgehead atoms. The molecule has 6 nitrogen and oxygen atoms in total. The zero-order chi connectivity index (χ0) is 12.5. The van der Waals surface area contributed by atoms with Gasteiger partial charge in [-0.05, 0) is 11.1 Å². The van der Waals surface area contributed by atoms with Crippen LogP contribution < -0.4 is 0 Å². The third-order valence-corrected chi connectivity index (χ3v) is 2.70. The van der Waals surface area contributed by atoms with Gasteiger partial charge in [0, 0.05) is 22.3 Å². The monoisotopic (exact) mass is 257 g/mol. The van der Waals surface area contributed by atoms with Crippen LogP contribution in [0.15, 0.2) is 36.9 Å². The molecule has 0 saturated carbocycles. The van der Waals surface area contributed by atoms with Crippen molar-refractivity contribution in [3.05, 3.63) is 46.9 Å². The predicted octanol–water partition coefficient (Wildman–Crippen LogP) is 2.93. The van der Waals surface area contributed by atoms with E-state index in [0.29, 0.717) is 16.4 Å². The van der Waals surface area contributed by atoms with Crippen LogP contribution in [0, 0.1) is 5.39 Å². The Bertz CT molecular complexity index is 773. The zero-order valence-corrected chi connectivity index (χ0v) is 9.78. The van der Waals surface area contributed by atoms with Gasteiger partial charge in [0.1, 0.15) is 17.5 Å². The fraction of sp³-hybridized carbons (Fsp3) is 0. The minimum absolute atomic E-state index is 0.149. The third kappa shape index (κ3) is 1.67. The number of nitrogens with zero attached hydrogens (tertiary/aromatic N) is 6. The van der Waals surface area contributed by atoms with Crippen molar-refractivity contribution in [2.45, 2.75) is 0 Å². The first-order valence-corrected chi connectivity index (χ1v) is 5.46. The van der Waals surface area contributed by atoms with Gasteiger partial charge in [-0.3, -0.25) is 4.40 Å². The Hall–Kier alpha value is -2.52. The Morgan fingerprint density at radius 2 is 2.17 bits per heavy atom. The lowest BCUT2D eigenvalue weighted by atomic mass is 10.3. The summed E-state index contributed by atoms with van der Waals surface area (Å²) < 4.78 is 1.83. The molecule has 0 aromatic carbocycles. The van der Waals surface area contributed by atoms with Gasteiger partial charge in [-0.15, -0.1) is 0 Å². The number of hydrogen-bond acceptors (Lipinski definition) is 4. The van der Waals surface area contributed by atoms with Crippen molar-refractivity contribution < 1.29 is 0 Å². The number of fused-ring (bicyclic) bond motifs is 1. The van der Waals surface area contributed by atoms with Crippen molar-refractivity contribution in [1.82, 2.24) is 19.4 Å². The molecule has 0 atom stereocenters. The fourth-order valence-corrected chi connectivity index (χ4v) is 1.83. The summed E-state index contributed by atoms with van der Waals surface area (Å²) in [5.41, 5.74) is 2.03. The molecule has 0 saturated heterocycles. The van der Waals surface area contributed by atoms with Crippen molar-refractivity contribution >= 4 is 23.1 Å². The molecule has 3 rings (SSSR count). The van der Waals surface area contributed by atoms with Crippen molar-refractivity contribution in [1.29, 1.82) is 5.39 Å². The molecule has 0 N–H and O–H groups in total. The summed E-state index contributed by atoms with van der Waals surface area (Å²) in [4.78, 5) is 15.3. The van der Waals surface area contributed by atoms with E-state index in [1.165, 1.54) is 6.20 Å². The summed E-state index contributed by atoms with van der Waals surface area (Å²) >= 11 is 5.89. The van der Waals surface area contributed by atoms with E-state index in [1.807, 2.05) is 4.40 Å². The van der Waals surface area contributed by atoms with Gasteiger partial charge in [0.05, 0.1) is 17.8 Å². The molecule has 3 aromatic heterocycles. The first kappa shape index (κ1) is 10.6. The molecule has 7 heteroatoms. The molecule has 0 aliphatic carbocycles. The van der Waals surface area contributed by atoms with Gasteiger partial charge in [-0.2, -0.15) is 0 Å². The number of imidazole rings is 1. The third-order valence-electron chi connectivity index (χ3n) is 2.46. The minimum Gasteiger partial charge on any atom is -0.296 e. The fourth-order valence-electron chi connectivity index (χ4n) is 1.67. The van der Waals surface area contributed by atoms with Crippen LogP contribution in [0.3, 0.4) is 0 Å². The number of hydrogen-bond donors (Lipinski definition) is 0. The molecule has 0 aliphatic heterocycles. The standard InChI is InChI=1S/C11H6ClN6/c12-7-1-2-18-9(5-15-11(18)3-7)8-4-14-6-10(16-8)17-13/h1-6H/q+1. The van der Waals surface area contributed by atoms with Crippen molar-refractivity contribution in [3.8, 4) is 11.4 Å². The normalized spacial score (nSPS) is 10.4. The van der Waals surface area contributed by atoms with Crippen molar-refractivity contribution in [3.63, 3.8) is 0 Å². The quantitative estimate of drug-likeness (QED) is 0.629. The summed E-state index contributed by atoms with van der Waals surface area (Å²) in [6.45, 7) is 0. The van der Waals surface area contributed by atoms with Gasteiger partial charge in [0.2, 0.25) is 5.69 Å². The summed E-state index contributed by atoms with van der Waals surface area (Å²) in [6, 6.07) is 3.51. The van der Waals surface area contributed by atoms with Gasteiger partial charge >= 0.3 is 5.82 Å². The Morgan fingerprint density at radius 1 is 1.28 bits per heavy atom. The average Bonchev–Trinajstić information content (AvgIpc) is 2.81. The van der Waals surface area contributed by atoms with E-state index in [1.54, 1.807) is 30.7 Å². The van der Waals surface area contributed by atoms with Crippen LogP contribution in [0.25, 0.3) is 22.0 Å². The second kappa shape index (κ2) is 4.05. The highest BCUT2D eigenvalue weighted by Crippen LogP contribution is 2.21. The first-order valence-electron chi connectivity index (χ1n) is 5.08. The summed E-state index contributed by atoms with van der Waals surface area (Å²) in [5.74, 6) is 0.149. The summed E-state index contributed by atoms with van der Waals surface area (Å²) in [7, 11) is 0. The topological polar surface area (TPSA) is 71.2 Å². The highest BCUT2D eigenvalue weighted by Gasteiger charge is 2.15. The van der Waals surface area contributed by atoms with E-state index in [9.17, 15) is 0 Å². The molecule has 18 heavy (non-hydrogen) atoms. The number of aromatic nitrogens is 4. The molecule has 0 amide bonds. The molecule has 0 aliphatic rings. The van der Waals surface area contributed by atoms with Crippen molar-refractivity contribution in [2.24, 2.45) is 0 Å². The molecular weight excluding hydrogens is 252 g/mol. The average molecular weight is 258 g/mol.